The Morgan fingerprint density at radius 1 is 1.50 bits per heavy atom. The molecule has 7 heteroatoms. The summed E-state index contributed by atoms with van der Waals surface area (Å²) in [6.07, 6.45) is 4.63. The second kappa shape index (κ2) is 6.64. The highest BCUT2D eigenvalue weighted by atomic mass is 16.5. The second-order valence-corrected chi connectivity index (χ2v) is 6.81. The molecule has 1 aromatic heterocycles. The number of nitrogens with zero attached hydrogens (tertiary/aromatic N) is 3. The highest BCUT2D eigenvalue weighted by Crippen LogP contribution is 2.32. The number of hydrogen-bond acceptors (Lipinski definition) is 5. The van der Waals surface area contributed by atoms with Crippen molar-refractivity contribution in [2.24, 2.45) is 0 Å². The van der Waals surface area contributed by atoms with Crippen LogP contribution in [-0.4, -0.2) is 45.4 Å². The van der Waals surface area contributed by atoms with Gasteiger partial charge in [0.15, 0.2) is 5.82 Å². The fraction of sp³-hybridized carbons (Fsp3) is 0.800. The molecule has 22 heavy (non-hydrogen) atoms. The van der Waals surface area contributed by atoms with Gasteiger partial charge in [-0.3, -0.25) is 0 Å². The lowest BCUT2D eigenvalue weighted by atomic mass is 10.1. The number of hydrogen-bond donors (Lipinski definition) is 2. The zero-order valence-electron chi connectivity index (χ0n) is 13.8. The van der Waals surface area contributed by atoms with Gasteiger partial charge >= 0.3 is 6.03 Å². The average Bonchev–Trinajstić information content (AvgIpc) is 3.07. The molecule has 7 nitrogen and oxygen atoms in total. The van der Waals surface area contributed by atoms with Crippen LogP contribution in [-0.2, 0) is 0 Å². The van der Waals surface area contributed by atoms with Crippen molar-refractivity contribution in [2.45, 2.75) is 64.0 Å². The van der Waals surface area contributed by atoms with Crippen molar-refractivity contribution in [2.75, 3.05) is 13.6 Å². The first-order valence-electron chi connectivity index (χ1n) is 7.84. The minimum absolute atomic E-state index is 0.239. The van der Waals surface area contributed by atoms with Crippen LogP contribution in [0.2, 0.25) is 0 Å². The van der Waals surface area contributed by atoms with E-state index in [1.807, 2.05) is 6.92 Å². The molecule has 0 aliphatic heterocycles. The lowest BCUT2D eigenvalue weighted by molar-refractivity contribution is 0.0527. The molecule has 0 radical (unpaired) electrons. The summed E-state index contributed by atoms with van der Waals surface area (Å²) in [6.45, 7) is 5.36. The number of nitrogens with one attached hydrogen (secondary N) is 1. The molecule has 0 spiro atoms. The summed E-state index contributed by atoms with van der Waals surface area (Å²) in [4.78, 5) is 17.9. The summed E-state index contributed by atoms with van der Waals surface area (Å²) in [5.41, 5.74) is -0.935. The molecular formula is C15H26N4O3. The molecule has 0 bridgehead atoms. The Labute approximate surface area is 131 Å². The summed E-state index contributed by atoms with van der Waals surface area (Å²) in [5, 5.41) is 16.6. The Kier molecular flexibility index (Phi) is 5.05. The summed E-state index contributed by atoms with van der Waals surface area (Å²) in [5.74, 6) is 1.56. The van der Waals surface area contributed by atoms with Gasteiger partial charge in [0.25, 0.3) is 0 Å². The first-order valence-corrected chi connectivity index (χ1v) is 7.84. The van der Waals surface area contributed by atoms with Crippen LogP contribution in [0.3, 0.4) is 0 Å². The van der Waals surface area contributed by atoms with Crippen LogP contribution in [0.1, 0.15) is 70.1 Å². The van der Waals surface area contributed by atoms with E-state index in [0.717, 1.165) is 18.7 Å². The van der Waals surface area contributed by atoms with Crippen LogP contribution in [0.5, 0.6) is 0 Å². The van der Waals surface area contributed by atoms with Crippen LogP contribution < -0.4 is 5.32 Å². The quantitative estimate of drug-likeness (QED) is 0.870. The molecule has 1 fully saturated rings. The first-order chi connectivity index (χ1) is 10.3. The molecule has 0 aromatic carbocycles. The highest BCUT2D eigenvalue weighted by Gasteiger charge is 2.25. The minimum Gasteiger partial charge on any atom is -0.389 e. The zero-order valence-corrected chi connectivity index (χ0v) is 13.8. The van der Waals surface area contributed by atoms with Crippen molar-refractivity contribution >= 4 is 6.03 Å². The van der Waals surface area contributed by atoms with Gasteiger partial charge in [0.1, 0.15) is 6.04 Å². The van der Waals surface area contributed by atoms with Crippen molar-refractivity contribution in [3.63, 3.8) is 0 Å². The number of amides is 2. The van der Waals surface area contributed by atoms with E-state index in [-0.39, 0.29) is 18.6 Å². The molecule has 1 unspecified atom stereocenters. The maximum absolute atomic E-state index is 12.1. The van der Waals surface area contributed by atoms with E-state index >= 15 is 0 Å². The number of likely N-dealkylation sites (N-methyl/N-ethyl adjacent to an activating group) is 1. The second-order valence-electron chi connectivity index (χ2n) is 6.81. The molecule has 2 amide bonds. The van der Waals surface area contributed by atoms with Gasteiger partial charge in [-0.15, -0.1) is 0 Å². The lowest BCUT2D eigenvalue weighted by Crippen LogP contribution is -2.45. The van der Waals surface area contributed by atoms with E-state index < -0.39 is 5.60 Å². The van der Waals surface area contributed by atoms with Crippen molar-refractivity contribution in [1.82, 2.24) is 20.4 Å². The Bertz CT molecular complexity index is 503. The van der Waals surface area contributed by atoms with Crippen molar-refractivity contribution in [3.05, 3.63) is 11.7 Å². The summed E-state index contributed by atoms with van der Waals surface area (Å²) < 4.78 is 5.28. The predicted molar refractivity (Wildman–Crippen MR) is 81.4 cm³/mol. The summed E-state index contributed by atoms with van der Waals surface area (Å²) in [6, 6.07) is -0.644. The van der Waals surface area contributed by atoms with E-state index in [1.54, 1.807) is 20.9 Å². The van der Waals surface area contributed by atoms with Gasteiger partial charge in [-0.05, 0) is 33.6 Å². The molecule has 1 aliphatic carbocycles. The monoisotopic (exact) mass is 310 g/mol. The SMILES string of the molecule is CC(NC(=O)N(C)CC(C)(C)O)c1nc(C2CCCC2)no1. The van der Waals surface area contributed by atoms with Gasteiger partial charge in [-0.2, -0.15) is 4.98 Å². The van der Waals surface area contributed by atoms with Crippen LogP contribution >= 0.6 is 0 Å². The first kappa shape index (κ1) is 16.7. The maximum atomic E-state index is 12.1. The lowest BCUT2D eigenvalue weighted by Gasteiger charge is -2.26. The van der Waals surface area contributed by atoms with Crippen molar-refractivity contribution < 1.29 is 14.4 Å². The standard InChI is InChI=1S/C15H26N4O3/c1-10(16-14(20)19(4)9-15(2,3)21)13-17-12(18-22-13)11-7-5-6-8-11/h10-11,21H,5-9H2,1-4H3,(H,16,20). The molecule has 1 aliphatic rings. The molecule has 2 N–H and O–H groups in total. The number of aromatic nitrogens is 2. The van der Waals surface area contributed by atoms with E-state index in [9.17, 15) is 9.90 Å². The van der Waals surface area contributed by atoms with Gasteiger partial charge in [0.2, 0.25) is 5.89 Å². The molecule has 1 atom stereocenters. The topological polar surface area (TPSA) is 91.5 Å². The predicted octanol–water partition coefficient (Wildman–Crippen LogP) is 2.20. The van der Waals surface area contributed by atoms with E-state index in [1.165, 1.54) is 17.7 Å². The third-order valence-corrected chi connectivity index (χ3v) is 3.86. The van der Waals surface area contributed by atoms with E-state index in [4.69, 9.17) is 4.52 Å². The Balaban J connectivity index is 1.91. The van der Waals surface area contributed by atoms with Crippen LogP contribution in [0.15, 0.2) is 4.52 Å². The number of carbonyl (C=O) groups excluding carboxylic acids is 1. The van der Waals surface area contributed by atoms with Crippen LogP contribution in [0, 0.1) is 0 Å². The summed E-state index contributed by atoms with van der Waals surface area (Å²) in [7, 11) is 1.64. The highest BCUT2D eigenvalue weighted by molar-refractivity contribution is 5.74. The van der Waals surface area contributed by atoms with Gasteiger partial charge in [0.05, 0.1) is 12.1 Å². The Morgan fingerprint density at radius 3 is 2.73 bits per heavy atom. The zero-order chi connectivity index (χ0) is 16.3. The fourth-order valence-electron chi connectivity index (χ4n) is 2.78. The van der Waals surface area contributed by atoms with E-state index in [2.05, 4.69) is 15.5 Å². The molecular weight excluding hydrogens is 284 g/mol. The molecule has 0 saturated heterocycles. The largest absolute Gasteiger partial charge is 0.389 e. The minimum atomic E-state index is -0.935. The Morgan fingerprint density at radius 2 is 2.14 bits per heavy atom. The van der Waals surface area contributed by atoms with Crippen LogP contribution in [0.4, 0.5) is 4.79 Å². The van der Waals surface area contributed by atoms with Gasteiger partial charge in [-0.1, -0.05) is 18.0 Å². The van der Waals surface area contributed by atoms with Crippen molar-refractivity contribution in [3.8, 4) is 0 Å². The van der Waals surface area contributed by atoms with Gasteiger partial charge in [0, 0.05) is 13.0 Å². The molecule has 1 heterocycles. The van der Waals surface area contributed by atoms with Crippen LogP contribution in [0.25, 0.3) is 0 Å². The normalized spacial score (nSPS) is 17.5. The average molecular weight is 310 g/mol. The molecule has 124 valence electrons. The van der Waals surface area contributed by atoms with E-state index in [0.29, 0.717) is 11.8 Å². The number of aliphatic hydroxyl groups is 1. The number of carbonyl (C=O) groups is 1. The third kappa shape index (κ3) is 4.43. The molecule has 2 rings (SSSR count). The van der Waals surface area contributed by atoms with Gasteiger partial charge in [-0.25, -0.2) is 4.79 Å². The summed E-state index contributed by atoms with van der Waals surface area (Å²) >= 11 is 0. The third-order valence-electron chi connectivity index (χ3n) is 3.86. The fourth-order valence-corrected chi connectivity index (χ4v) is 2.78. The number of urea groups is 1. The van der Waals surface area contributed by atoms with Crippen molar-refractivity contribution in [1.29, 1.82) is 0 Å². The number of rotatable bonds is 5. The smallest absolute Gasteiger partial charge is 0.317 e. The Hall–Kier alpha value is -1.63. The molecule has 1 aromatic rings. The molecule has 1 saturated carbocycles. The van der Waals surface area contributed by atoms with Gasteiger partial charge < -0.3 is 19.8 Å². The maximum Gasteiger partial charge on any atom is 0.317 e.